The van der Waals surface area contributed by atoms with Gasteiger partial charge in [0.25, 0.3) is 5.91 Å². The van der Waals surface area contributed by atoms with Gasteiger partial charge in [-0.3, -0.25) is 4.79 Å². The number of hydrogen-bond acceptors (Lipinski definition) is 4. The zero-order chi connectivity index (χ0) is 18.0. The number of rotatable bonds is 4. The van der Waals surface area contributed by atoms with E-state index >= 15 is 0 Å². The van der Waals surface area contributed by atoms with Crippen molar-refractivity contribution in [2.24, 2.45) is 0 Å². The first kappa shape index (κ1) is 21.2. The molecule has 1 amide bonds. The number of piperazine rings is 1. The van der Waals surface area contributed by atoms with Gasteiger partial charge in [-0.15, -0.1) is 12.4 Å². The summed E-state index contributed by atoms with van der Waals surface area (Å²) in [5, 5.41) is 3.26. The fourth-order valence-corrected chi connectivity index (χ4v) is 5.23. The first-order valence-electron chi connectivity index (χ1n) is 9.03. The van der Waals surface area contributed by atoms with Crippen molar-refractivity contribution in [3.05, 3.63) is 29.3 Å². The molecular weight excluding hydrogens is 374 g/mol. The molecule has 2 N–H and O–H groups in total. The van der Waals surface area contributed by atoms with E-state index in [1.54, 1.807) is 19.1 Å². The lowest BCUT2D eigenvalue weighted by Gasteiger charge is -2.34. The Morgan fingerprint density at radius 2 is 1.96 bits per heavy atom. The Morgan fingerprint density at radius 3 is 2.62 bits per heavy atom. The molecule has 2 fully saturated rings. The average molecular weight is 402 g/mol. The van der Waals surface area contributed by atoms with Gasteiger partial charge in [-0.25, -0.2) is 13.1 Å². The molecule has 146 valence electrons. The molecule has 0 radical (unpaired) electrons. The second-order valence-electron chi connectivity index (χ2n) is 7.13. The van der Waals surface area contributed by atoms with Gasteiger partial charge in [0.1, 0.15) is 0 Å². The van der Waals surface area contributed by atoms with Gasteiger partial charge in [0.15, 0.2) is 0 Å². The zero-order valence-corrected chi connectivity index (χ0v) is 17.0. The minimum Gasteiger partial charge on any atom is -0.333 e. The Kier molecular flexibility index (Phi) is 7.07. The van der Waals surface area contributed by atoms with Crippen LogP contribution < -0.4 is 10.0 Å². The SMILES string of the molecule is Cc1ccc(C(=O)N2CCNC[C@H]2C)cc1S(=O)(=O)NC1CCCC1.Cl. The first-order chi connectivity index (χ1) is 11.9. The van der Waals surface area contributed by atoms with Crippen molar-refractivity contribution < 1.29 is 13.2 Å². The third-order valence-corrected chi connectivity index (χ3v) is 6.83. The van der Waals surface area contributed by atoms with Crippen LogP contribution in [0, 0.1) is 6.92 Å². The Balaban J connectivity index is 0.00000243. The number of nitrogens with zero attached hydrogens (tertiary/aromatic N) is 1. The molecule has 1 aliphatic carbocycles. The highest BCUT2D eigenvalue weighted by Crippen LogP contribution is 2.23. The summed E-state index contributed by atoms with van der Waals surface area (Å²) in [5.74, 6) is -0.105. The minimum atomic E-state index is -3.61. The predicted molar refractivity (Wildman–Crippen MR) is 104 cm³/mol. The molecular formula is C18H28ClN3O3S. The average Bonchev–Trinajstić information content (AvgIpc) is 3.07. The summed E-state index contributed by atoms with van der Waals surface area (Å²) in [7, 11) is -3.61. The largest absolute Gasteiger partial charge is 0.333 e. The highest BCUT2D eigenvalue weighted by molar-refractivity contribution is 7.89. The summed E-state index contributed by atoms with van der Waals surface area (Å²) in [4.78, 5) is 14.9. The second kappa shape index (κ2) is 8.69. The number of aryl methyl sites for hydroxylation is 1. The Morgan fingerprint density at radius 1 is 1.27 bits per heavy atom. The van der Waals surface area contributed by atoms with Gasteiger partial charge in [-0.05, 0) is 44.4 Å². The van der Waals surface area contributed by atoms with Crippen molar-refractivity contribution in [1.29, 1.82) is 0 Å². The molecule has 1 aromatic carbocycles. The number of nitrogens with one attached hydrogen (secondary N) is 2. The van der Waals surface area contributed by atoms with E-state index in [2.05, 4.69) is 10.0 Å². The summed E-state index contributed by atoms with van der Waals surface area (Å²) in [5.41, 5.74) is 1.10. The van der Waals surface area contributed by atoms with Crippen molar-refractivity contribution in [3.8, 4) is 0 Å². The van der Waals surface area contributed by atoms with E-state index < -0.39 is 10.0 Å². The molecule has 0 spiro atoms. The van der Waals surface area contributed by atoms with Crippen molar-refractivity contribution in [3.63, 3.8) is 0 Å². The molecule has 3 rings (SSSR count). The predicted octanol–water partition coefficient (Wildman–Crippen LogP) is 2.07. The van der Waals surface area contributed by atoms with Gasteiger partial charge in [0.2, 0.25) is 10.0 Å². The van der Waals surface area contributed by atoms with Crippen molar-refractivity contribution >= 4 is 28.3 Å². The number of carbonyl (C=O) groups is 1. The fraction of sp³-hybridized carbons (Fsp3) is 0.611. The summed E-state index contributed by atoms with van der Waals surface area (Å²) in [6, 6.07) is 5.09. The molecule has 8 heteroatoms. The van der Waals surface area contributed by atoms with Crippen LogP contribution in [0.15, 0.2) is 23.1 Å². The molecule has 6 nitrogen and oxygen atoms in total. The van der Waals surface area contributed by atoms with E-state index in [4.69, 9.17) is 0 Å². The standard InChI is InChI=1S/C18H27N3O3S.ClH/c1-13-7-8-15(18(22)21-10-9-19-12-14(21)2)11-17(13)25(23,24)20-16-5-3-4-6-16;/h7-8,11,14,16,19-20H,3-6,9-10,12H2,1-2H3;1H/t14-;/m1./s1. The van der Waals surface area contributed by atoms with Gasteiger partial charge in [-0.1, -0.05) is 18.9 Å². The van der Waals surface area contributed by atoms with Gasteiger partial charge >= 0.3 is 0 Å². The number of benzene rings is 1. The van der Waals surface area contributed by atoms with Crippen molar-refractivity contribution in [2.75, 3.05) is 19.6 Å². The maximum atomic E-state index is 12.8. The third-order valence-electron chi connectivity index (χ3n) is 5.16. The van der Waals surface area contributed by atoms with Gasteiger partial charge in [0, 0.05) is 37.3 Å². The quantitative estimate of drug-likeness (QED) is 0.809. The number of carbonyl (C=O) groups excluding carboxylic acids is 1. The van der Waals surface area contributed by atoms with E-state index in [1.807, 2.05) is 11.8 Å². The van der Waals surface area contributed by atoms with Crippen LogP contribution in [0.1, 0.15) is 48.5 Å². The fourth-order valence-electron chi connectivity index (χ4n) is 3.66. The zero-order valence-electron chi connectivity index (χ0n) is 15.3. The van der Waals surface area contributed by atoms with Crippen LogP contribution in [0.4, 0.5) is 0 Å². The Bertz CT molecular complexity index is 748. The van der Waals surface area contributed by atoms with Crippen LogP contribution in [0.5, 0.6) is 0 Å². The topological polar surface area (TPSA) is 78.5 Å². The smallest absolute Gasteiger partial charge is 0.254 e. The van der Waals surface area contributed by atoms with Crippen LogP contribution >= 0.6 is 12.4 Å². The maximum Gasteiger partial charge on any atom is 0.254 e. The number of amides is 1. The molecule has 1 heterocycles. The Labute approximate surface area is 162 Å². The molecule has 1 saturated carbocycles. The van der Waals surface area contributed by atoms with Gasteiger partial charge in [0.05, 0.1) is 4.90 Å². The highest BCUT2D eigenvalue weighted by atomic mass is 35.5. The monoisotopic (exact) mass is 401 g/mol. The molecule has 0 unspecified atom stereocenters. The first-order valence-corrected chi connectivity index (χ1v) is 10.5. The number of hydrogen-bond donors (Lipinski definition) is 2. The van der Waals surface area contributed by atoms with Crippen LogP contribution in [-0.4, -0.2) is 50.9 Å². The summed E-state index contributed by atoms with van der Waals surface area (Å²) < 4.78 is 28.4. The van der Waals surface area contributed by atoms with Crippen LogP contribution in [0.25, 0.3) is 0 Å². The van der Waals surface area contributed by atoms with E-state index in [9.17, 15) is 13.2 Å². The number of sulfonamides is 1. The van der Waals surface area contributed by atoms with Crippen molar-refractivity contribution in [1.82, 2.24) is 14.9 Å². The molecule has 1 aromatic rings. The molecule has 0 aromatic heterocycles. The van der Waals surface area contributed by atoms with E-state index in [-0.39, 0.29) is 35.3 Å². The van der Waals surface area contributed by atoms with Crippen LogP contribution in [-0.2, 0) is 10.0 Å². The van der Waals surface area contributed by atoms with Gasteiger partial charge < -0.3 is 10.2 Å². The molecule has 0 bridgehead atoms. The molecule has 1 saturated heterocycles. The van der Waals surface area contributed by atoms with Gasteiger partial charge in [-0.2, -0.15) is 0 Å². The molecule has 1 aliphatic heterocycles. The lowest BCUT2D eigenvalue weighted by molar-refractivity contribution is 0.0655. The molecule has 26 heavy (non-hydrogen) atoms. The molecule has 1 atom stereocenters. The summed E-state index contributed by atoms with van der Waals surface area (Å²) in [6.07, 6.45) is 3.89. The second-order valence-corrected chi connectivity index (χ2v) is 8.82. The summed E-state index contributed by atoms with van der Waals surface area (Å²) in [6.45, 7) is 5.92. The van der Waals surface area contributed by atoms with Crippen LogP contribution in [0.3, 0.4) is 0 Å². The summed E-state index contributed by atoms with van der Waals surface area (Å²) >= 11 is 0. The third kappa shape index (κ3) is 4.57. The lowest BCUT2D eigenvalue weighted by atomic mass is 10.1. The minimum absolute atomic E-state index is 0. The van der Waals surface area contributed by atoms with Crippen molar-refractivity contribution in [2.45, 2.75) is 56.5 Å². The Hall–Kier alpha value is -1.15. The van der Waals surface area contributed by atoms with E-state index in [0.717, 1.165) is 38.8 Å². The maximum absolute atomic E-state index is 12.8. The van der Waals surface area contributed by atoms with E-state index in [1.165, 1.54) is 6.07 Å². The lowest BCUT2D eigenvalue weighted by Crippen LogP contribution is -2.52. The molecule has 2 aliphatic rings. The highest BCUT2D eigenvalue weighted by Gasteiger charge is 2.27. The normalized spacial score (nSPS) is 21.5. The number of halogens is 1. The van der Waals surface area contributed by atoms with Crippen LogP contribution in [0.2, 0.25) is 0 Å². The van der Waals surface area contributed by atoms with E-state index in [0.29, 0.717) is 17.7 Å².